The lowest BCUT2D eigenvalue weighted by atomic mass is 10.2. The lowest BCUT2D eigenvalue weighted by Gasteiger charge is -2.03. The maximum Gasteiger partial charge on any atom is 0.168 e. The van der Waals surface area contributed by atoms with Crippen LogP contribution < -0.4 is 9.47 Å². The van der Waals surface area contributed by atoms with Crippen LogP contribution in [-0.4, -0.2) is 23.2 Å². The third kappa shape index (κ3) is 5.86. The second-order valence-electron chi connectivity index (χ2n) is 8.07. The average molecular weight is 509 g/mol. The van der Waals surface area contributed by atoms with Gasteiger partial charge < -0.3 is 9.47 Å². The third-order valence-electron chi connectivity index (χ3n) is 5.18. The van der Waals surface area contributed by atoms with Crippen molar-refractivity contribution in [2.24, 2.45) is 0 Å². The van der Waals surface area contributed by atoms with Crippen LogP contribution in [0, 0.1) is 23.7 Å². The molecule has 5 aromatic rings. The molecule has 0 aliphatic carbocycles. The summed E-state index contributed by atoms with van der Waals surface area (Å²) in [4.78, 5) is 9.44. The zero-order valence-corrected chi connectivity index (χ0v) is 21.8. The third-order valence-corrected chi connectivity index (χ3v) is 7.05. The summed E-state index contributed by atoms with van der Waals surface area (Å²) in [6.45, 7) is 5.63. The summed E-state index contributed by atoms with van der Waals surface area (Å²) in [5.41, 5.74) is 3.75. The maximum absolute atomic E-state index is 5.63. The largest absolute Gasteiger partial charge is 0.494 e. The first-order valence-electron chi connectivity index (χ1n) is 11.9. The number of thiazole rings is 2. The molecule has 178 valence electrons. The number of benzene rings is 3. The fourth-order valence-electron chi connectivity index (χ4n) is 3.42. The van der Waals surface area contributed by atoms with Gasteiger partial charge in [-0.2, -0.15) is 0 Å². The molecule has 0 aliphatic rings. The van der Waals surface area contributed by atoms with Crippen LogP contribution in [-0.2, 0) is 0 Å². The highest BCUT2D eigenvalue weighted by Gasteiger charge is 2.08. The van der Waals surface area contributed by atoms with Gasteiger partial charge in [0.1, 0.15) is 11.5 Å². The Morgan fingerprint density at radius 1 is 0.611 bits per heavy atom. The second-order valence-corrected chi connectivity index (χ2v) is 10.1. The van der Waals surface area contributed by atoms with Crippen LogP contribution >= 0.6 is 22.7 Å². The molecule has 2 heterocycles. The van der Waals surface area contributed by atoms with E-state index >= 15 is 0 Å². The minimum Gasteiger partial charge on any atom is -0.494 e. The average Bonchev–Trinajstić information content (AvgIpc) is 3.50. The highest BCUT2D eigenvalue weighted by Crippen LogP contribution is 2.30. The molecule has 2 aromatic heterocycles. The summed E-state index contributed by atoms with van der Waals surface area (Å²) in [5, 5.41) is 1.58. The SMILES string of the molecule is CCCOc1ccc(C#Cc2nc3cc4sc(C#Cc5ccc(OCCC)cc5)nc4cc3s2)cc1. The molecular formula is C30H24N2O2S2. The molecule has 0 amide bonds. The zero-order valence-electron chi connectivity index (χ0n) is 20.1. The van der Waals surface area contributed by atoms with Crippen molar-refractivity contribution < 1.29 is 9.47 Å². The van der Waals surface area contributed by atoms with Gasteiger partial charge >= 0.3 is 0 Å². The summed E-state index contributed by atoms with van der Waals surface area (Å²) < 4.78 is 13.4. The number of nitrogens with zero attached hydrogens (tertiary/aromatic N) is 2. The molecular weight excluding hydrogens is 484 g/mol. The van der Waals surface area contributed by atoms with E-state index in [0.29, 0.717) is 0 Å². The lowest BCUT2D eigenvalue weighted by Crippen LogP contribution is -1.94. The van der Waals surface area contributed by atoms with Crippen molar-refractivity contribution in [3.8, 4) is 35.2 Å². The molecule has 0 saturated carbocycles. The lowest BCUT2D eigenvalue weighted by molar-refractivity contribution is 0.317. The van der Waals surface area contributed by atoms with Crippen LogP contribution in [0.1, 0.15) is 47.8 Å². The first kappa shape index (κ1) is 23.9. The number of ether oxygens (including phenoxy) is 2. The Hall–Kier alpha value is -3.84. The number of hydrogen-bond donors (Lipinski definition) is 0. The Bertz CT molecular complexity index is 1440. The molecule has 0 unspecified atom stereocenters. The Balaban J connectivity index is 1.31. The number of rotatable bonds is 6. The van der Waals surface area contributed by atoms with Crippen LogP contribution in [0.15, 0.2) is 60.7 Å². The quantitative estimate of drug-likeness (QED) is 0.226. The summed E-state index contributed by atoms with van der Waals surface area (Å²) in [7, 11) is 0. The fraction of sp³-hybridized carbons (Fsp3) is 0.200. The zero-order chi connectivity index (χ0) is 24.7. The van der Waals surface area contributed by atoms with E-state index in [4.69, 9.17) is 19.4 Å². The summed E-state index contributed by atoms with van der Waals surface area (Å²) in [5.74, 6) is 14.5. The van der Waals surface area contributed by atoms with Crippen molar-refractivity contribution in [2.75, 3.05) is 13.2 Å². The summed E-state index contributed by atoms with van der Waals surface area (Å²) in [6.07, 6.45) is 1.98. The monoisotopic (exact) mass is 508 g/mol. The van der Waals surface area contributed by atoms with Gasteiger partial charge in [0, 0.05) is 11.1 Å². The van der Waals surface area contributed by atoms with Gasteiger partial charge in [-0.1, -0.05) is 25.7 Å². The molecule has 36 heavy (non-hydrogen) atoms. The predicted octanol–water partition coefficient (Wildman–Crippen LogP) is 7.28. The molecule has 0 fully saturated rings. The molecule has 0 radical (unpaired) electrons. The highest BCUT2D eigenvalue weighted by atomic mass is 32.1. The topological polar surface area (TPSA) is 44.2 Å². The van der Waals surface area contributed by atoms with Gasteiger partial charge in [-0.15, -0.1) is 22.7 Å². The number of fused-ring (bicyclic) bond motifs is 2. The Kier molecular flexibility index (Phi) is 7.47. The minimum absolute atomic E-state index is 0.722. The van der Waals surface area contributed by atoms with E-state index in [1.54, 1.807) is 22.7 Å². The summed E-state index contributed by atoms with van der Waals surface area (Å²) >= 11 is 3.16. The molecule has 4 nitrogen and oxygen atoms in total. The van der Waals surface area contributed by atoms with E-state index in [1.165, 1.54) is 0 Å². The maximum atomic E-state index is 5.63. The molecule has 5 rings (SSSR count). The minimum atomic E-state index is 0.722. The van der Waals surface area contributed by atoms with Gasteiger partial charge in [0.2, 0.25) is 0 Å². The number of aromatic nitrogens is 2. The van der Waals surface area contributed by atoms with Crippen LogP contribution in [0.4, 0.5) is 0 Å². The number of hydrogen-bond acceptors (Lipinski definition) is 6. The Morgan fingerprint density at radius 2 is 1.03 bits per heavy atom. The van der Waals surface area contributed by atoms with Crippen molar-refractivity contribution in [2.45, 2.75) is 26.7 Å². The van der Waals surface area contributed by atoms with E-state index < -0.39 is 0 Å². The van der Waals surface area contributed by atoms with Crippen LogP contribution in [0.2, 0.25) is 0 Å². The normalized spacial score (nSPS) is 10.5. The van der Waals surface area contributed by atoms with Crippen LogP contribution in [0.3, 0.4) is 0 Å². The van der Waals surface area contributed by atoms with Gasteiger partial charge in [0.15, 0.2) is 10.0 Å². The van der Waals surface area contributed by atoms with Gasteiger partial charge in [0.25, 0.3) is 0 Å². The molecule has 6 heteroatoms. The molecule has 0 bridgehead atoms. The molecule has 3 aromatic carbocycles. The van der Waals surface area contributed by atoms with E-state index in [-0.39, 0.29) is 0 Å². The van der Waals surface area contributed by atoms with Crippen molar-refractivity contribution in [1.29, 1.82) is 0 Å². The molecule has 0 spiro atoms. The summed E-state index contributed by atoms with van der Waals surface area (Å²) in [6, 6.07) is 19.9. The van der Waals surface area contributed by atoms with Gasteiger partial charge in [0.05, 0.1) is 33.6 Å². The van der Waals surface area contributed by atoms with Gasteiger partial charge in [-0.05, 0) is 85.3 Å². The van der Waals surface area contributed by atoms with E-state index in [2.05, 4.69) is 49.7 Å². The Morgan fingerprint density at radius 3 is 1.42 bits per heavy atom. The van der Waals surface area contributed by atoms with E-state index in [9.17, 15) is 0 Å². The van der Waals surface area contributed by atoms with Crippen molar-refractivity contribution >= 4 is 43.1 Å². The van der Waals surface area contributed by atoms with Crippen molar-refractivity contribution in [1.82, 2.24) is 9.97 Å². The van der Waals surface area contributed by atoms with Crippen molar-refractivity contribution in [3.63, 3.8) is 0 Å². The van der Waals surface area contributed by atoms with Crippen LogP contribution in [0.5, 0.6) is 11.5 Å². The molecule has 0 aliphatic heterocycles. The first-order valence-corrected chi connectivity index (χ1v) is 13.5. The smallest absolute Gasteiger partial charge is 0.168 e. The van der Waals surface area contributed by atoms with Crippen LogP contribution in [0.25, 0.3) is 20.4 Å². The molecule has 0 atom stereocenters. The van der Waals surface area contributed by atoms with Crippen molar-refractivity contribution in [3.05, 3.63) is 81.8 Å². The highest BCUT2D eigenvalue weighted by molar-refractivity contribution is 7.20. The van der Waals surface area contributed by atoms with Gasteiger partial charge in [-0.3, -0.25) is 0 Å². The molecule has 0 N–H and O–H groups in total. The predicted molar refractivity (Wildman–Crippen MR) is 149 cm³/mol. The standard InChI is InChI=1S/C30H24N2O2S2/c1-3-17-33-23-11-5-21(6-12-23)9-15-29-31-25-19-28-26(20-27(25)35-29)32-30(36-28)16-10-22-7-13-24(14-8-22)34-18-4-2/h5-8,11-14,19-20H,3-4,17-18H2,1-2H3. The fourth-order valence-corrected chi connectivity index (χ4v) is 5.08. The van der Waals surface area contributed by atoms with E-state index in [0.717, 1.165) is 79.1 Å². The second kappa shape index (κ2) is 11.3. The molecule has 0 saturated heterocycles. The van der Waals surface area contributed by atoms with E-state index in [1.807, 2.05) is 48.5 Å². The first-order chi connectivity index (χ1) is 17.7. The Labute approximate surface area is 219 Å². The van der Waals surface area contributed by atoms with Gasteiger partial charge in [-0.25, -0.2) is 9.97 Å².